The second-order valence-corrected chi connectivity index (χ2v) is 25.8. The molecule has 41 heavy (non-hydrogen) atoms. The minimum atomic E-state index is -3.98. The standard InChI is InChI=1S/C31H57F2NO4SSi2/c1-13-15-16-23-34(27(21-22-31(32,33)14-2)25-38-41(11,12)30(6,7)8)39(35,36)28-19-17-26(18-20-28)24-37-40(9,10)29(3,4)5/h14,17-20,27H,2,13,15-16,21-25H2,1,3-12H3/t27-/m0/s1. The van der Waals surface area contributed by atoms with Crippen LogP contribution in [-0.2, 0) is 25.5 Å². The molecule has 0 unspecified atom stereocenters. The Morgan fingerprint density at radius 1 is 0.927 bits per heavy atom. The smallest absolute Gasteiger partial charge is 0.266 e. The molecule has 1 atom stereocenters. The predicted octanol–water partition coefficient (Wildman–Crippen LogP) is 9.38. The van der Waals surface area contributed by atoms with Crippen molar-refractivity contribution < 1.29 is 26.1 Å². The number of hydrogen-bond donors (Lipinski definition) is 0. The molecule has 1 aromatic carbocycles. The number of unbranched alkanes of at least 4 members (excludes halogenated alkanes) is 2. The van der Waals surface area contributed by atoms with Gasteiger partial charge in [-0.25, -0.2) is 17.2 Å². The van der Waals surface area contributed by atoms with Crippen LogP contribution in [0.4, 0.5) is 8.78 Å². The first kappa shape index (κ1) is 38.1. The highest BCUT2D eigenvalue weighted by atomic mass is 32.2. The van der Waals surface area contributed by atoms with Crippen molar-refractivity contribution >= 4 is 26.7 Å². The van der Waals surface area contributed by atoms with Gasteiger partial charge in [-0.3, -0.25) is 0 Å². The zero-order valence-corrected chi connectivity index (χ0v) is 30.4. The molecular weight excluding hydrogens is 577 g/mol. The molecule has 1 aromatic rings. The number of allylic oxidation sites excluding steroid dienone is 1. The van der Waals surface area contributed by atoms with E-state index in [2.05, 4.69) is 74.3 Å². The van der Waals surface area contributed by atoms with Crippen molar-refractivity contribution in [3.05, 3.63) is 42.5 Å². The van der Waals surface area contributed by atoms with Crippen LogP contribution < -0.4 is 0 Å². The maximum Gasteiger partial charge on any atom is 0.266 e. The lowest BCUT2D eigenvalue weighted by Crippen LogP contribution is -2.48. The first-order chi connectivity index (χ1) is 18.5. The summed E-state index contributed by atoms with van der Waals surface area (Å²) in [5.74, 6) is -3.08. The summed E-state index contributed by atoms with van der Waals surface area (Å²) in [6.45, 7) is 27.4. The van der Waals surface area contributed by atoms with E-state index >= 15 is 0 Å². The van der Waals surface area contributed by atoms with Crippen LogP contribution in [0.1, 0.15) is 86.1 Å². The van der Waals surface area contributed by atoms with Crippen LogP contribution in [0.25, 0.3) is 0 Å². The highest BCUT2D eigenvalue weighted by Gasteiger charge is 2.40. The number of benzene rings is 1. The third-order valence-corrected chi connectivity index (χ3v) is 19.8. The number of nitrogens with zero attached hydrogens (tertiary/aromatic N) is 1. The largest absolute Gasteiger partial charge is 0.415 e. The summed E-state index contributed by atoms with van der Waals surface area (Å²) in [4.78, 5) is 0.151. The lowest BCUT2D eigenvalue weighted by molar-refractivity contribution is 0.0339. The lowest BCUT2D eigenvalue weighted by Gasteiger charge is -2.39. The Morgan fingerprint density at radius 3 is 1.90 bits per heavy atom. The molecule has 0 heterocycles. The molecule has 1 rings (SSSR count). The molecule has 0 spiro atoms. The van der Waals surface area contributed by atoms with Crippen LogP contribution in [0.5, 0.6) is 0 Å². The third-order valence-electron chi connectivity index (χ3n) is 8.88. The Kier molecular flexibility index (Phi) is 13.7. The SMILES string of the molecule is C=CC(F)(F)CC[C@@H](CO[Si](C)(C)C(C)(C)C)N(CCCCC)S(=O)(=O)c1ccc(CO[Si](C)(C)C(C)(C)C)cc1. The van der Waals surface area contributed by atoms with Gasteiger partial charge in [0.05, 0.1) is 18.1 Å². The average molecular weight is 634 g/mol. The van der Waals surface area contributed by atoms with E-state index in [9.17, 15) is 17.2 Å². The zero-order valence-electron chi connectivity index (χ0n) is 27.6. The molecule has 0 fully saturated rings. The van der Waals surface area contributed by atoms with E-state index in [1.807, 2.05) is 6.92 Å². The summed E-state index contributed by atoms with van der Waals surface area (Å²) >= 11 is 0. The van der Waals surface area contributed by atoms with E-state index in [0.29, 0.717) is 19.1 Å². The number of hydrogen-bond acceptors (Lipinski definition) is 4. The van der Waals surface area contributed by atoms with E-state index in [4.69, 9.17) is 8.85 Å². The van der Waals surface area contributed by atoms with Crippen molar-refractivity contribution in [1.29, 1.82) is 0 Å². The summed E-state index contributed by atoms with van der Waals surface area (Å²) in [5.41, 5.74) is 0.898. The van der Waals surface area contributed by atoms with Crippen LogP contribution in [0, 0.1) is 0 Å². The number of rotatable bonds is 17. The van der Waals surface area contributed by atoms with Gasteiger partial charge in [0, 0.05) is 19.0 Å². The van der Waals surface area contributed by atoms with Gasteiger partial charge in [-0.1, -0.05) is 80.0 Å². The molecule has 0 aromatic heterocycles. The first-order valence-corrected chi connectivity index (χ1v) is 22.2. The summed E-state index contributed by atoms with van der Waals surface area (Å²) in [6, 6.07) is 6.07. The van der Waals surface area contributed by atoms with Gasteiger partial charge in [-0.05, 0) is 72.9 Å². The molecule has 0 aliphatic heterocycles. The number of alkyl halides is 2. The number of sulfonamides is 1. The highest BCUT2D eigenvalue weighted by molar-refractivity contribution is 7.89. The molecule has 0 amide bonds. The predicted molar refractivity (Wildman–Crippen MR) is 173 cm³/mol. The Hall–Kier alpha value is -0.916. The molecule has 0 saturated carbocycles. The summed E-state index contributed by atoms with van der Waals surface area (Å²) in [5, 5.41) is -0.0317. The Morgan fingerprint density at radius 2 is 1.44 bits per heavy atom. The normalized spacial score (nSPS) is 14.9. The van der Waals surface area contributed by atoms with Crippen molar-refractivity contribution in [1.82, 2.24) is 4.31 Å². The van der Waals surface area contributed by atoms with Gasteiger partial charge < -0.3 is 8.85 Å². The zero-order chi connectivity index (χ0) is 31.9. The summed E-state index contributed by atoms with van der Waals surface area (Å²) in [6.07, 6.45) is 2.51. The second-order valence-electron chi connectivity index (χ2n) is 14.2. The van der Waals surface area contributed by atoms with E-state index in [1.165, 1.54) is 4.31 Å². The van der Waals surface area contributed by atoms with Gasteiger partial charge in [0.25, 0.3) is 5.92 Å². The maximum atomic E-state index is 14.3. The summed E-state index contributed by atoms with van der Waals surface area (Å²) < 4.78 is 71.0. The fraction of sp³-hybridized carbons (Fsp3) is 0.742. The van der Waals surface area contributed by atoms with E-state index in [1.54, 1.807) is 24.3 Å². The Balaban J connectivity index is 3.38. The van der Waals surface area contributed by atoms with Crippen LogP contribution in [-0.4, -0.2) is 54.5 Å². The summed E-state index contributed by atoms with van der Waals surface area (Å²) in [7, 11) is -8.20. The minimum Gasteiger partial charge on any atom is -0.415 e. The molecule has 0 aliphatic carbocycles. The maximum absolute atomic E-state index is 14.3. The van der Waals surface area contributed by atoms with Gasteiger partial charge in [-0.2, -0.15) is 4.31 Å². The van der Waals surface area contributed by atoms with Crippen molar-refractivity contribution in [3.63, 3.8) is 0 Å². The average Bonchev–Trinajstić information content (AvgIpc) is 2.85. The van der Waals surface area contributed by atoms with Crippen molar-refractivity contribution in [2.45, 2.75) is 140 Å². The first-order valence-electron chi connectivity index (χ1n) is 14.9. The van der Waals surface area contributed by atoms with Gasteiger partial charge in [-0.15, -0.1) is 0 Å². The van der Waals surface area contributed by atoms with E-state index in [-0.39, 0.29) is 34.5 Å². The van der Waals surface area contributed by atoms with Crippen LogP contribution in [0.15, 0.2) is 41.8 Å². The van der Waals surface area contributed by atoms with Gasteiger partial charge in [0.15, 0.2) is 16.6 Å². The fourth-order valence-electron chi connectivity index (χ4n) is 3.68. The van der Waals surface area contributed by atoms with E-state index < -0.39 is 45.0 Å². The van der Waals surface area contributed by atoms with E-state index in [0.717, 1.165) is 18.4 Å². The molecule has 10 heteroatoms. The second kappa shape index (κ2) is 14.7. The Labute approximate surface area is 252 Å². The Bertz CT molecular complexity index is 1060. The molecular formula is C31H57F2NO4SSi2. The molecule has 0 aliphatic rings. The van der Waals surface area contributed by atoms with Crippen LogP contribution in [0.3, 0.4) is 0 Å². The molecule has 0 N–H and O–H groups in total. The lowest BCUT2D eigenvalue weighted by atomic mass is 10.1. The van der Waals surface area contributed by atoms with Crippen LogP contribution in [0.2, 0.25) is 36.3 Å². The molecule has 238 valence electrons. The minimum absolute atomic E-state index is 0.0303. The molecule has 5 nitrogen and oxygen atoms in total. The van der Waals surface area contributed by atoms with Crippen molar-refractivity contribution in [3.8, 4) is 0 Å². The fourth-order valence-corrected chi connectivity index (χ4v) is 7.36. The van der Waals surface area contributed by atoms with Crippen molar-refractivity contribution in [2.24, 2.45) is 0 Å². The molecule has 0 bridgehead atoms. The van der Waals surface area contributed by atoms with Gasteiger partial charge in [0.1, 0.15) is 0 Å². The van der Waals surface area contributed by atoms with Gasteiger partial charge >= 0.3 is 0 Å². The highest BCUT2D eigenvalue weighted by Crippen LogP contribution is 2.38. The third kappa shape index (κ3) is 11.3. The molecule has 0 radical (unpaired) electrons. The monoisotopic (exact) mass is 633 g/mol. The number of halogens is 2. The topological polar surface area (TPSA) is 55.8 Å². The van der Waals surface area contributed by atoms with Gasteiger partial charge in [0.2, 0.25) is 10.0 Å². The van der Waals surface area contributed by atoms with Crippen molar-refractivity contribution in [2.75, 3.05) is 13.2 Å². The molecule has 0 saturated heterocycles. The van der Waals surface area contributed by atoms with Crippen LogP contribution >= 0.6 is 0 Å². The quantitative estimate of drug-likeness (QED) is 0.0974.